The maximum atomic E-state index is 13.6. The number of nitro groups is 1. The standard InChI is InChI=1S/C13H12F2N4O3/c1-7(2)22-13-11(19(20)21)12(16-6-17-13)18-10-4-3-8(14)5-9(10)15/h3-7H,1-2H3,(H,16,17,18). The van der Waals surface area contributed by atoms with Crippen LogP contribution < -0.4 is 10.1 Å². The Morgan fingerprint density at radius 3 is 2.64 bits per heavy atom. The lowest BCUT2D eigenvalue weighted by molar-refractivity contribution is -0.385. The molecule has 0 fully saturated rings. The van der Waals surface area contributed by atoms with E-state index < -0.39 is 22.2 Å². The third-order valence-corrected chi connectivity index (χ3v) is 2.50. The second kappa shape index (κ2) is 6.29. The number of anilines is 2. The van der Waals surface area contributed by atoms with Gasteiger partial charge in [0, 0.05) is 6.07 Å². The lowest BCUT2D eigenvalue weighted by Gasteiger charge is -2.11. The number of hydrogen-bond donors (Lipinski definition) is 1. The molecule has 1 aromatic heterocycles. The Balaban J connectivity index is 2.44. The van der Waals surface area contributed by atoms with E-state index in [1.807, 2.05) is 0 Å². The zero-order chi connectivity index (χ0) is 16.3. The molecule has 2 aromatic rings. The molecule has 0 amide bonds. The highest BCUT2D eigenvalue weighted by atomic mass is 19.1. The first-order valence-corrected chi connectivity index (χ1v) is 6.26. The highest BCUT2D eigenvalue weighted by Crippen LogP contribution is 2.33. The summed E-state index contributed by atoms with van der Waals surface area (Å²) in [7, 11) is 0. The van der Waals surface area contributed by atoms with Crippen molar-refractivity contribution in [3.8, 4) is 5.88 Å². The third kappa shape index (κ3) is 3.43. The summed E-state index contributed by atoms with van der Waals surface area (Å²) in [5, 5.41) is 13.7. The van der Waals surface area contributed by atoms with Crippen LogP contribution in [0.3, 0.4) is 0 Å². The van der Waals surface area contributed by atoms with Crippen LogP contribution in [0.2, 0.25) is 0 Å². The number of nitrogens with one attached hydrogen (secondary N) is 1. The van der Waals surface area contributed by atoms with Crippen LogP contribution in [-0.4, -0.2) is 21.0 Å². The Labute approximate surface area is 124 Å². The van der Waals surface area contributed by atoms with Gasteiger partial charge in [-0.3, -0.25) is 10.1 Å². The van der Waals surface area contributed by atoms with Crippen molar-refractivity contribution >= 4 is 17.2 Å². The maximum Gasteiger partial charge on any atom is 0.373 e. The molecule has 1 N–H and O–H groups in total. The Morgan fingerprint density at radius 2 is 2.05 bits per heavy atom. The normalized spacial score (nSPS) is 10.6. The molecule has 0 aliphatic carbocycles. The summed E-state index contributed by atoms with van der Waals surface area (Å²) in [5.41, 5.74) is -0.682. The van der Waals surface area contributed by atoms with Gasteiger partial charge in [-0.25, -0.2) is 13.8 Å². The summed E-state index contributed by atoms with van der Waals surface area (Å²) in [5.74, 6) is -2.15. The van der Waals surface area contributed by atoms with E-state index in [9.17, 15) is 18.9 Å². The smallest absolute Gasteiger partial charge is 0.373 e. The molecule has 0 spiro atoms. The van der Waals surface area contributed by atoms with E-state index >= 15 is 0 Å². The average Bonchev–Trinajstić information content (AvgIpc) is 2.41. The SMILES string of the molecule is CC(C)Oc1ncnc(Nc2ccc(F)cc2F)c1[N+](=O)[O-]. The number of benzene rings is 1. The zero-order valence-corrected chi connectivity index (χ0v) is 11.7. The number of aromatic nitrogens is 2. The molecule has 0 saturated carbocycles. The molecule has 0 unspecified atom stereocenters. The van der Waals surface area contributed by atoms with E-state index in [1.54, 1.807) is 13.8 Å². The maximum absolute atomic E-state index is 13.6. The molecule has 1 heterocycles. The van der Waals surface area contributed by atoms with Crippen molar-refractivity contribution in [2.24, 2.45) is 0 Å². The van der Waals surface area contributed by atoms with Gasteiger partial charge in [0.1, 0.15) is 18.0 Å². The van der Waals surface area contributed by atoms with Crippen molar-refractivity contribution in [2.75, 3.05) is 5.32 Å². The van der Waals surface area contributed by atoms with Crippen molar-refractivity contribution in [1.82, 2.24) is 9.97 Å². The van der Waals surface area contributed by atoms with Gasteiger partial charge in [0.15, 0.2) is 0 Å². The van der Waals surface area contributed by atoms with E-state index in [1.165, 1.54) is 0 Å². The molecule has 0 aliphatic rings. The summed E-state index contributed by atoms with van der Waals surface area (Å²) < 4.78 is 31.8. The second-order valence-corrected chi connectivity index (χ2v) is 4.55. The first-order chi connectivity index (χ1) is 10.4. The quantitative estimate of drug-likeness (QED) is 0.673. The Kier molecular flexibility index (Phi) is 4.44. The molecule has 1 aromatic carbocycles. The average molecular weight is 310 g/mol. The minimum Gasteiger partial charge on any atom is -0.470 e. The van der Waals surface area contributed by atoms with Crippen LogP contribution in [0.25, 0.3) is 0 Å². The van der Waals surface area contributed by atoms with Crippen molar-refractivity contribution in [3.63, 3.8) is 0 Å². The molecule has 9 heteroatoms. The Bertz CT molecular complexity index is 710. The number of halogens is 2. The number of nitrogens with zero attached hydrogens (tertiary/aromatic N) is 3. The van der Waals surface area contributed by atoms with Crippen LogP contribution in [0.15, 0.2) is 24.5 Å². The lowest BCUT2D eigenvalue weighted by Crippen LogP contribution is -2.11. The van der Waals surface area contributed by atoms with Crippen molar-refractivity contribution in [2.45, 2.75) is 20.0 Å². The minimum atomic E-state index is -0.903. The molecular weight excluding hydrogens is 298 g/mol. The number of ether oxygens (including phenoxy) is 1. The van der Waals surface area contributed by atoms with Gasteiger partial charge in [-0.05, 0) is 26.0 Å². The van der Waals surface area contributed by atoms with Crippen LogP contribution in [0.5, 0.6) is 5.88 Å². The van der Waals surface area contributed by atoms with Gasteiger partial charge in [0.05, 0.1) is 16.7 Å². The van der Waals surface area contributed by atoms with Gasteiger partial charge in [0.2, 0.25) is 5.82 Å². The number of rotatable bonds is 5. The molecule has 2 rings (SSSR count). The van der Waals surface area contributed by atoms with Gasteiger partial charge in [-0.15, -0.1) is 0 Å². The minimum absolute atomic E-state index is 0.154. The monoisotopic (exact) mass is 310 g/mol. The summed E-state index contributed by atoms with van der Waals surface area (Å²) in [6.07, 6.45) is 0.707. The zero-order valence-electron chi connectivity index (χ0n) is 11.7. The molecule has 116 valence electrons. The highest BCUT2D eigenvalue weighted by molar-refractivity contribution is 5.68. The fourth-order valence-corrected chi connectivity index (χ4v) is 1.65. The second-order valence-electron chi connectivity index (χ2n) is 4.55. The first-order valence-electron chi connectivity index (χ1n) is 6.26. The van der Waals surface area contributed by atoms with Gasteiger partial charge in [-0.1, -0.05) is 0 Å². The van der Waals surface area contributed by atoms with Crippen LogP contribution in [-0.2, 0) is 0 Å². The van der Waals surface area contributed by atoms with Crippen LogP contribution in [0, 0.1) is 21.7 Å². The Morgan fingerprint density at radius 1 is 1.32 bits per heavy atom. The van der Waals surface area contributed by atoms with E-state index in [0.29, 0.717) is 6.07 Å². The van der Waals surface area contributed by atoms with E-state index in [4.69, 9.17) is 4.74 Å². The van der Waals surface area contributed by atoms with E-state index in [-0.39, 0.29) is 23.5 Å². The predicted octanol–water partition coefficient (Wildman–Crippen LogP) is 3.19. The number of hydrogen-bond acceptors (Lipinski definition) is 6. The van der Waals surface area contributed by atoms with Gasteiger partial charge >= 0.3 is 5.69 Å². The van der Waals surface area contributed by atoms with E-state index in [0.717, 1.165) is 18.5 Å². The Hall–Kier alpha value is -2.84. The summed E-state index contributed by atoms with van der Waals surface area (Å²) in [6.45, 7) is 3.36. The molecule has 0 aliphatic heterocycles. The van der Waals surface area contributed by atoms with Gasteiger partial charge in [-0.2, -0.15) is 4.98 Å². The molecule has 0 saturated heterocycles. The highest BCUT2D eigenvalue weighted by Gasteiger charge is 2.25. The third-order valence-electron chi connectivity index (χ3n) is 2.50. The van der Waals surface area contributed by atoms with Crippen molar-refractivity contribution in [3.05, 3.63) is 46.3 Å². The largest absolute Gasteiger partial charge is 0.470 e. The van der Waals surface area contributed by atoms with E-state index in [2.05, 4.69) is 15.3 Å². The van der Waals surface area contributed by atoms with Crippen LogP contribution in [0.4, 0.5) is 26.0 Å². The summed E-state index contributed by atoms with van der Waals surface area (Å²) >= 11 is 0. The molecule has 22 heavy (non-hydrogen) atoms. The van der Waals surface area contributed by atoms with Crippen molar-refractivity contribution < 1.29 is 18.4 Å². The molecule has 0 bridgehead atoms. The molecule has 7 nitrogen and oxygen atoms in total. The van der Waals surface area contributed by atoms with Crippen LogP contribution in [0.1, 0.15) is 13.8 Å². The van der Waals surface area contributed by atoms with Crippen molar-refractivity contribution in [1.29, 1.82) is 0 Å². The molecular formula is C13H12F2N4O3. The topological polar surface area (TPSA) is 90.2 Å². The molecule has 0 radical (unpaired) electrons. The molecule has 0 atom stereocenters. The predicted molar refractivity (Wildman–Crippen MR) is 74.1 cm³/mol. The summed E-state index contributed by atoms with van der Waals surface area (Å²) in [4.78, 5) is 17.9. The fourth-order valence-electron chi connectivity index (χ4n) is 1.65. The van der Waals surface area contributed by atoms with Crippen LogP contribution >= 0.6 is 0 Å². The first kappa shape index (κ1) is 15.5. The lowest BCUT2D eigenvalue weighted by atomic mass is 10.3. The van der Waals surface area contributed by atoms with Gasteiger partial charge in [0.25, 0.3) is 5.88 Å². The fraction of sp³-hybridized carbons (Fsp3) is 0.231. The summed E-state index contributed by atoms with van der Waals surface area (Å²) in [6, 6.07) is 2.78. The van der Waals surface area contributed by atoms with Gasteiger partial charge < -0.3 is 10.1 Å².